The number of urea groups is 1. The van der Waals surface area contributed by atoms with Crippen molar-refractivity contribution in [2.45, 2.75) is 110 Å². The summed E-state index contributed by atoms with van der Waals surface area (Å²) in [5.41, 5.74) is 4.92. The molecule has 22 heavy (non-hydrogen) atoms. The monoisotopic (exact) mass is 310 g/mol. The molecule has 2 N–H and O–H groups in total. The Labute approximate surface area is 138 Å². The minimum absolute atomic E-state index is 0.582. The molecule has 0 atom stereocenters. The minimum Gasteiger partial charge on any atom is -0.350 e. The van der Waals surface area contributed by atoms with Gasteiger partial charge >= 0.3 is 6.03 Å². The SMILES string of the molecule is CCCCCCCCCCCCCCCCCC=NC(N)=O. The lowest BCUT2D eigenvalue weighted by atomic mass is 10.0. The number of carbonyl (C=O) groups is 1. The summed E-state index contributed by atoms with van der Waals surface area (Å²) in [6.07, 6.45) is 23.1. The zero-order valence-corrected chi connectivity index (χ0v) is 14.8. The van der Waals surface area contributed by atoms with Crippen LogP contribution in [0.15, 0.2) is 4.99 Å². The topological polar surface area (TPSA) is 55.4 Å². The second kappa shape index (κ2) is 18.2. The molecule has 0 aromatic rings. The van der Waals surface area contributed by atoms with E-state index in [1.165, 1.54) is 89.9 Å². The lowest BCUT2D eigenvalue weighted by Gasteiger charge is -2.03. The predicted octanol–water partition coefficient (Wildman–Crippen LogP) is 6.40. The number of hydrogen-bond acceptors (Lipinski definition) is 1. The van der Waals surface area contributed by atoms with E-state index in [9.17, 15) is 4.79 Å². The van der Waals surface area contributed by atoms with Gasteiger partial charge in [-0.3, -0.25) is 0 Å². The van der Waals surface area contributed by atoms with Gasteiger partial charge in [-0.1, -0.05) is 96.8 Å². The molecule has 3 heteroatoms. The normalized spacial score (nSPS) is 11.3. The van der Waals surface area contributed by atoms with Gasteiger partial charge in [-0.05, 0) is 12.8 Å². The molecule has 0 bridgehead atoms. The van der Waals surface area contributed by atoms with Gasteiger partial charge < -0.3 is 5.73 Å². The van der Waals surface area contributed by atoms with Crippen molar-refractivity contribution in [1.82, 2.24) is 0 Å². The zero-order chi connectivity index (χ0) is 16.3. The molecular weight excluding hydrogens is 272 g/mol. The van der Waals surface area contributed by atoms with Crippen molar-refractivity contribution >= 4 is 12.2 Å². The number of unbranched alkanes of at least 4 members (excludes halogenated alkanes) is 15. The Bertz CT molecular complexity index is 264. The van der Waals surface area contributed by atoms with E-state index < -0.39 is 6.03 Å². The van der Waals surface area contributed by atoms with Crippen molar-refractivity contribution in [3.63, 3.8) is 0 Å². The van der Waals surface area contributed by atoms with E-state index in [0.29, 0.717) is 0 Å². The van der Waals surface area contributed by atoms with E-state index in [1.54, 1.807) is 6.21 Å². The first kappa shape index (κ1) is 21.1. The Morgan fingerprint density at radius 2 is 1.09 bits per heavy atom. The molecule has 2 amide bonds. The Morgan fingerprint density at radius 1 is 0.727 bits per heavy atom. The van der Waals surface area contributed by atoms with E-state index >= 15 is 0 Å². The van der Waals surface area contributed by atoms with Crippen molar-refractivity contribution in [2.24, 2.45) is 10.7 Å². The van der Waals surface area contributed by atoms with Crippen LogP contribution >= 0.6 is 0 Å². The highest BCUT2D eigenvalue weighted by atomic mass is 16.2. The summed E-state index contributed by atoms with van der Waals surface area (Å²) in [5, 5.41) is 0. The fraction of sp³-hybridized carbons (Fsp3) is 0.895. The molecule has 3 nitrogen and oxygen atoms in total. The maximum atomic E-state index is 10.4. The van der Waals surface area contributed by atoms with Crippen LogP contribution in [0, 0.1) is 0 Å². The molecule has 130 valence electrons. The summed E-state index contributed by atoms with van der Waals surface area (Å²) in [6, 6.07) is -0.582. The minimum atomic E-state index is -0.582. The largest absolute Gasteiger partial charge is 0.350 e. The predicted molar refractivity (Wildman–Crippen MR) is 97.6 cm³/mol. The van der Waals surface area contributed by atoms with Gasteiger partial charge in [0.2, 0.25) is 0 Å². The maximum Gasteiger partial charge on any atom is 0.337 e. The molecule has 0 spiro atoms. The Morgan fingerprint density at radius 3 is 1.45 bits per heavy atom. The summed E-state index contributed by atoms with van der Waals surface area (Å²) in [5.74, 6) is 0. The van der Waals surface area contributed by atoms with Gasteiger partial charge in [0.25, 0.3) is 0 Å². The number of nitrogens with two attached hydrogens (primary N) is 1. The fourth-order valence-corrected chi connectivity index (χ4v) is 2.76. The van der Waals surface area contributed by atoms with Crippen LogP contribution in [-0.4, -0.2) is 12.2 Å². The van der Waals surface area contributed by atoms with Crippen LogP contribution in [0.1, 0.15) is 110 Å². The van der Waals surface area contributed by atoms with E-state index in [2.05, 4.69) is 11.9 Å². The highest BCUT2D eigenvalue weighted by Crippen LogP contribution is 2.13. The van der Waals surface area contributed by atoms with Crippen molar-refractivity contribution in [1.29, 1.82) is 0 Å². The highest BCUT2D eigenvalue weighted by molar-refractivity contribution is 5.81. The molecule has 0 aliphatic heterocycles. The van der Waals surface area contributed by atoms with Crippen LogP contribution in [0.5, 0.6) is 0 Å². The second-order valence-corrected chi connectivity index (χ2v) is 6.39. The first-order valence-corrected chi connectivity index (χ1v) is 9.59. The number of nitrogens with zero attached hydrogens (tertiary/aromatic N) is 1. The third-order valence-corrected chi connectivity index (χ3v) is 4.16. The Kier molecular flexibility index (Phi) is 17.5. The van der Waals surface area contributed by atoms with E-state index in [0.717, 1.165) is 12.8 Å². The Balaban J connectivity index is 3.01. The van der Waals surface area contributed by atoms with Gasteiger partial charge in [0.1, 0.15) is 0 Å². The average molecular weight is 311 g/mol. The summed E-state index contributed by atoms with van der Waals surface area (Å²) < 4.78 is 0. The van der Waals surface area contributed by atoms with E-state index in [-0.39, 0.29) is 0 Å². The number of primary amides is 1. The van der Waals surface area contributed by atoms with Crippen LogP contribution in [0.2, 0.25) is 0 Å². The molecule has 0 radical (unpaired) electrons. The molecule has 0 saturated heterocycles. The van der Waals surface area contributed by atoms with Crippen molar-refractivity contribution in [3.05, 3.63) is 0 Å². The molecule has 0 aliphatic rings. The van der Waals surface area contributed by atoms with Crippen LogP contribution in [0.25, 0.3) is 0 Å². The third-order valence-electron chi connectivity index (χ3n) is 4.16. The van der Waals surface area contributed by atoms with Crippen LogP contribution in [0.4, 0.5) is 4.79 Å². The van der Waals surface area contributed by atoms with Crippen LogP contribution < -0.4 is 5.73 Å². The Hall–Kier alpha value is -0.860. The molecule has 0 fully saturated rings. The zero-order valence-electron chi connectivity index (χ0n) is 14.8. The van der Waals surface area contributed by atoms with Gasteiger partial charge in [-0.25, -0.2) is 9.79 Å². The van der Waals surface area contributed by atoms with Gasteiger partial charge in [0.15, 0.2) is 0 Å². The summed E-state index contributed by atoms with van der Waals surface area (Å²) in [4.78, 5) is 13.9. The molecule has 0 aromatic carbocycles. The van der Waals surface area contributed by atoms with Crippen molar-refractivity contribution in [3.8, 4) is 0 Å². The standard InChI is InChI=1S/C19H38N2O/c1-2-3-4-5-6-7-8-9-10-11-12-13-14-15-16-17-18-21-19(20)22/h18H,2-17H2,1H3,(H2,20,22). The lowest BCUT2D eigenvalue weighted by molar-refractivity contribution is 0.257. The first-order valence-electron chi connectivity index (χ1n) is 9.59. The molecule has 0 saturated carbocycles. The van der Waals surface area contributed by atoms with Gasteiger partial charge in [-0.2, -0.15) is 0 Å². The summed E-state index contributed by atoms with van der Waals surface area (Å²) >= 11 is 0. The second-order valence-electron chi connectivity index (χ2n) is 6.39. The molecule has 0 heterocycles. The average Bonchev–Trinajstić information content (AvgIpc) is 2.50. The third kappa shape index (κ3) is 19.1. The van der Waals surface area contributed by atoms with Crippen LogP contribution in [-0.2, 0) is 0 Å². The highest BCUT2D eigenvalue weighted by Gasteiger charge is 1.94. The van der Waals surface area contributed by atoms with Gasteiger partial charge in [0.05, 0.1) is 0 Å². The quantitative estimate of drug-likeness (QED) is 0.260. The number of rotatable bonds is 16. The smallest absolute Gasteiger partial charge is 0.337 e. The lowest BCUT2D eigenvalue weighted by Crippen LogP contribution is -2.03. The summed E-state index contributed by atoms with van der Waals surface area (Å²) in [7, 11) is 0. The van der Waals surface area contributed by atoms with Crippen molar-refractivity contribution < 1.29 is 4.79 Å². The molecule has 0 unspecified atom stereocenters. The molecule has 0 aliphatic carbocycles. The van der Waals surface area contributed by atoms with Gasteiger partial charge in [0, 0.05) is 6.21 Å². The maximum absolute atomic E-state index is 10.4. The first-order chi connectivity index (χ1) is 10.8. The number of hydrogen-bond donors (Lipinski definition) is 1. The van der Waals surface area contributed by atoms with E-state index in [1.807, 2.05) is 0 Å². The number of carbonyl (C=O) groups excluding carboxylic acids is 1. The molecule has 0 rings (SSSR count). The molecule has 0 aromatic heterocycles. The van der Waals surface area contributed by atoms with Crippen LogP contribution in [0.3, 0.4) is 0 Å². The van der Waals surface area contributed by atoms with Gasteiger partial charge in [-0.15, -0.1) is 0 Å². The van der Waals surface area contributed by atoms with E-state index in [4.69, 9.17) is 5.73 Å². The van der Waals surface area contributed by atoms with Crippen molar-refractivity contribution in [2.75, 3.05) is 0 Å². The fourth-order valence-electron chi connectivity index (χ4n) is 2.76. The molecular formula is C19H38N2O. The number of aliphatic imine (C=N–C) groups is 1. The number of amides is 2. The summed E-state index contributed by atoms with van der Waals surface area (Å²) in [6.45, 7) is 2.28.